The van der Waals surface area contributed by atoms with Gasteiger partial charge in [0.2, 0.25) is 5.91 Å². The van der Waals surface area contributed by atoms with E-state index in [1.165, 1.54) is 0 Å². The molecule has 1 heterocycles. The lowest BCUT2D eigenvalue weighted by Gasteiger charge is -2.10. The largest absolute Gasteiger partial charge is 0.354 e. The third-order valence-electron chi connectivity index (χ3n) is 2.05. The number of amides is 1. The van der Waals surface area contributed by atoms with E-state index in [-0.39, 0.29) is 5.91 Å². The normalized spacial score (nSPS) is 12.4. The van der Waals surface area contributed by atoms with Gasteiger partial charge in [0.1, 0.15) is 0 Å². The Labute approximate surface area is 88.4 Å². The fourth-order valence-corrected chi connectivity index (χ4v) is 1.18. The molecule has 0 fully saturated rings. The van der Waals surface area contributed by atoms with E-state index < -0.39 is 6.04 Å². The van der Waals surface area contributed by atoms with Crippen LogP contribution in [0.25, 0.3) is 0 Å². The van der Waals surface area contributed by atoms with Crippen LogP contribution in [0.1, 0.15) is 12.1 Å². The number of nitrogens with zero attached hydrogens (tertiary/aromatic N) is 1. The minimum Gasteiger partial charge on any atom is -0.354 e. The molecule has 1 aromatic rings. The van der Waals surface area contributed by atoms with Crippen molar-refractivity contribution in [1.29, 1.82) is 0 Å². The predicted molar refractivity (Wildman–Crippen MR) is 56.9 cm³/mol. The summed E-state index contributed by atoms with van der Waals surface area (Å²) in [5, 5.41) is 2.73. The standard InChI is InChI=1S/C9H17N5O/c10-3-1-8(11)9(15)13-4-2-7-5-12-6-14-7/h5-6,8H,1-4,10-11H2,(H,12,14)(H,13,15). The molecule has 84 valence electrons. The Hall–Kier alpha value is -1.40. The minimum absolute atomic E-state index is 0.156. The highest BCUT2D eigenvalue weighted by molar-refractivity contribution is 5.81. The molecule has 15 heavy (non-hydrogen) atoms. The number of rotatable bonds is 6. The Morgan fingerprint density at radius 1 is 1.67 bits per heavy atom. The van der Waals surface area contributed by atoms with Crippen molar-refractivity contribution in [3.8, 4) is 0 Å². The van der Waals surface area contributed by atoms with Gasteiger partial charge in [0.25, 0.3) is 0 Å². The quantitative estimate of drug-likeness (QED) is 0.471. The highest BCUT2D eigenvalue weighted by Gasteiger charge is 2.11. The summed E-state index contributed by atoms with van der Waals surface area (Å²) >= 11 is 0. The lowest BCUT2D eigenvalue weighted by molar-refractivity contribution is -0.122. The fraction of sp³-hybridized carbons (Fsp3) is 0.556. The highest BCUT2D eigenvalue weighted by atomic mass is 16.2. The van der Waals surface area contributed by atoms with Crippen molar-refractivity contribution in [2.75, 3.05) is 13.1 Å². The first-order chi connectivity index (χ1) is 7.24. The van der Waals surface area contributed by atoms with Gasteiger partial charge in [-0.2, -0.15) is 0 Å². The molecule has 0 aliphatic carbocycles. The van der Waals surface area contributed by atoms with Crippen LogP contribution in [0, 0.1) is 0 Å². The first-order valence-corrected chi connectivity index (χ1v) is 4.95. The Kier molecular flexibility index (Phi) is 4.79. The molecule has 0 aliphatic rings. The Bertz CT molecular complexity index is 285. The van der Waals surface area contributed by atoms with Crippen molar-refractivity contribution < 1.29 is 4.79 Å². The summed E-state index contributed by atoms with van der Waals surface area (Å²) in [7, 11) is 0. The summed E-state index contributed by atoms with van der Waals surface area (Å²) in [5.41, 5.74) is 11.8. The number of nitrogens with two attached hydrogens (primary N) is 2. The second kappa shape index (κ2) is 6.15. The first-order valence-electron chi connectivity index (χ1n) is 4.95. The Morgan fingerprint density at radius 3 is 3.07 bits per heavy atom. The third-order valence-corrected chi connectivity index (χ3v) is 2.05. The van der Waals surface area contributed by atoms with Crippen molar-refractivity contribution >= 4 is 5.91 Å². The summed E-state index contributed by atoms with van der Waals surface area (Å²) in [4.78, 5) is 18.2. The van der Waals surface area contributed by atoms with Gasteiger partial charge in [-0.05, 0) is 13.0 Å². The van der Waals surface area contributed by atoms with E-state index in [0.29, 0.717) is 25.9 Å². The van der Waals surface area contributed by atoms with Crippen LogP contribution in [-0.4, -0.2) is 35.0 Å². The number of H-pyrrole nitrogens is 1. The third kappa shape index (κ3) is 4.09. The van der Waals surface area contributed by atoms with Crippen LogP contribution < -0.4 is 16.8 Å². The van der Waals surface area contributed by atoms with Gasteiger partial charge in [-0.25, -0.2) is 4.98 Å². The number of imidazole rings is 1. The smallest absolute Gasteiger partial charge is 0.236 e. The van der Waals surface area contributed by atoms with Gasteiger partial charge in [-0.15, -0.1) is 0 Å². The lowest BCUT2D eigenvalue weighted by Crippen LogP contribution is -2.42. The Morgan fingerprint density at radius 2 is 2.47 bits per heavy atom. The van der Waals surface area contributed by atoms with Gasteiger partial charge in [0.15, 0.2) is 0 Å². The van der Waals surface area contributed by atoms with Gasteiger partial charge in [-0.3, -0.25) is 4.79 Å². The molecule has 6 nitrogen and oxygen atoms in total. The zero-order valence-corrected chi connectivity index (χ0v) is 8.57. The van der Waals surface area contributed by atoms with E-state index in [2.05, 4.69) is 15.3 Å². The van der Waals surface area contributed by atoms with E-state index in [1.807, 2.05) is 0 Å². The molecule has 0 bridgehead atoms. The van der Waals surface area contributed by atoms with Crippen molar-refractivity contribution in [2.24, 2.45) is 11.5 Å². The van der Waals surface area contributed by atoms with Crippen LogP contribution in [0.2, 0.25) is 0 Å². The summed E-state index contributed by atoms with van der Waals surface area (Å²) in [5.74, 6) is -0.156. The average Bonchev–Trinajstić information content (AvgIpc) is 2.71. The molecule has 0 spiro atoms. The molecule has 0 saturated carbocycles. The zero-order chi connectivity index (χ0) is 11.1. The topological polar surface area (TPSA) is 110 Å². The molecule has 0 aliphatic heterocycles. The molecule has 1 rings (SSSR count). The number of aromatic nitrogens is 2. The van der Waals surface area contributed by atoms with Gasteiger partial charge < -0.3 is 21.8 Å². The number of carbonyl (C=O) groups is 1. The maximum absolute atomic E-state index is 11.3. The van der Waals surface area contributed by atoms with Crippen LogP contribution >= 0.6 is 0 Å². The summed E-state index contributed by atoms with van der Waals surface area (Å²) < 4.78 is 0. The number of hydrogen-bond donors (Lipinski definition) is 4. The highest BCUT2D eigenvalue weighted by Crippen LogP contribution is 1.91. The monoisotopic (exact) mass is 211 g/mol. The van der Waals surface area contributed by atoms with Crippen LogP contribution in [0.5, 0.6) is 0 Å². The second-order valence-electron chi connectivity index (χ2n) is 3.29. The van der Waals surface area contributed by atoms with Crippen molar-refractivity contribution in [1.82, 2.24) is 15.3 Å². The molecule has 0 aromatic carbocycles. The summed E-state index contributed by atoms with van der Waals surface area (Å²) in [6.45, 7) is 0.968. The maximum Gasteiger partial charge on any atom is 0.236 e. The second-order valence-corrected chi connectivity index (χ2v) is 3.29. The van der Waals surface area contributed by atoms with Crippen molar-refractivity contribution in [3.63, 3.8) is 0 Å². The fourth-order valence-electron chi connectivity index (χ4n) is 1.18. The molecular formula is C9H17N5O. The summed E-state index contributed by atoms with van der Waals surface area (Å²) in [6.07, 6.45) is 4.61. The van der Waals surface area contributed by atoms with E-state index in [4.69, 9.17) is 11.5 Å². The van der Waals surface area contributed by atoms with E-state index in [1.54, 1.807) is 12.5 Å². The number of hydrogen-bond acceptors (Lipinski definition) is 4. The van der Waals surface area contributed by atoms with Gasteiger partial charge in [0, 0.05) is 19.2 Å². The molecule has 1 unspecified atom stereocenters. The molecule has 0 saturated heterocycles. The number of aromatic amines is 1. The van der Waals surface area contributed by atoms with Gasteiger partial charge in [-0.1, -0.05) is 0 Å². The molecule has 1 aromatic heterocycles. The maximum atomic E-state index is 11.3. The number of nitrogens with one attached hydrogen (secondary N) is 2. The predicted octanol–water partition coefficient (Wildman–Crippen LogP) is -1.26. The van der Waals surface area contributed by atoms with Crippen LogP contribution in [-0.2, 0) is 11.2 Å². The minimum atomic E-state index is -0.505. The summed E-state index contributed by atoms with van der Waals surface area (Å²) in [6, 6.07) is -0.505. The van der Waals surface area contributed by atoms with Crippen molar-refractivity contribution in [3.05, 3.63) is 18.2 Å². The first kappa shape index (κ1) is 11.7. The molecule has 0 radical (unpaired) electrons. The average molecular weight is 211 g/mol. The molecule has 6 heteroatoms. The van der Waals surface area contributed by atoms with E-state index in [0.717, 1.165) is 5.69 Å². The van der Waals surface area contributed by atoms with Gasteiger partial charge >= 0.3 is 0 Å². The van der Waals surface area contributed by atoms with E-state index in [9.17, 15) is 4.79 Å². The van der Waals surface area contributed by atoms with Crippen molar-refractivity contribution in [2.45, 2.75) is 18.9 Å². The van der Waals surface area contributed by atoms with E-state index >= 15 is 0 Å². The lowest BCUT2D eigenvalue weighted by atomic mass is 10.2. The zero-order valence-electron chi connectivity index (χ0n) is 8.57. The molecule has 1 atom stereocenters. The Balaban J connectivity index is 2.17. The molecule has 1 amide bonds. The number of carbonyl (C=O) groups excluding carboxylic acids is 1. The molecule has 6 N–H and O–H groups in total. The van der Waals surface area contributed by atoms with Crippen LogP contribution in [0.3, 0.4) is 0 Å². The van der Waals surface area contributed by atoms with Crippen LogP contribution in [0.4, 0.5) is 0 Å². The molecular weight excluding hydrogens is 194 g/mol. The van der Waals surface area contributed by atoms with Gasteiger partial charge in [0.05, 0.1) is 18.1 Å². The van der Waals surface area contributed by atoms with Crippen LogP contribution in [0.15, 0.2) is 12.5 Å². The SMILES string of the molecule is NCCC(N)C(=O)NCCc1c[nH]cn1.